The van der Waals surface area contributed by atoms with E-state index in [4.69, 9.17) is 10.5 Å². The van der Waals surface area contributed by atoms with Crippen LogP contribution in [0.1, 0.15) is 57.9 Å². The zero-order valence-corrected chi connectivity index (χ0v) is 17.8. The number of ether oxygens (including phenoxy) is 1. The van der Waals surface area contributed by atoms with Crippen LogP contribution < -0.4 is 15.8 Å². The molecule has 2 amide bonds. The second kappa shape index (κ2) is 12.2. The van der Waals surface area contributed by atoms with Crippen molar-refractivity contribution >= 4 is 11.7 Å². The monoisotopic (exact) mass is 418 g/mol. The van der Waals surface area contributed by atoms with Crippen molar-refractivity contribution in [1.82, 2.24) is 0 Å². The average Bonchev–Trinajstić information content (AvgIpc) is 2.71. The molecule has 4 nitrogen and oxygen atoms in total. The number of anilines is 1. The lowest BCUT2D eigenvalue weighted by Crippen LogP contribution is -2.20. The van der Waals surface area contributed by atoms with Crippen LogP contribution in [0, 0.1) is 5.92 Å². The summed E-state index contributed by atoms with van der Waals surface area (Å²) in [4.78, 5) is 11.4. The van der Waals surface area contributed by atoms with E-state index >= 15 is 0 Å². The van der Waals surface area contributed by atoms with Crippen molar-refractivity contribution in [3.05, 3.63) is 48.0 Å². The van der Waals surface area contributed by atoms with Crippen LogP contribution in [0.4, 0.5) is 19.3 Å². The Morgan fingerprint density at radius 1 is 1.07 bits per heavy atom. The molecule has 1 unspecified atom stereocenters. The van der Waals surface area contributed by atoms with Gasteiger partial charge in [-0.25, -0.2) is 4.79 Å². The molecule has 0 spiro atoms. The molecule has 0 aliphatic heterocycles. The molecule has 2 rings (SSSR count). The third kappa shape index (κ3) is 7.32. The van der Waals surface area contributed by atoms with Crippen molar-refractivity contribution in [2.45, 2.75) is 65.4 Å². The number of carbonyl (C=O) groups is 1. The number of rotatable bonds is 12. The van der Waals surface area contributed by atoms with Crippen LogP contribution >= 0.6 is 0 Å². The highest BCUT2D eigenvalue weighted by atomic mass is 19.3. The highest BCUT2D eigenvalue weighted by molar-refractivity contribution is 5.93. The number of aryl methyl sites for hydroxylation is 1. The zero-order chi connectivity index (χ0) is 21.9. The molecular formula is C24H32F2N2O2. The van der Waals surface area contributed by atoms with E-state index in [1.807, 2.05) is 36.4 Å². The van der Waals surface area contributed by atoms with Crippen molar-refractivity contribution in [3.8, 4) is 16.9 Å². The number of amides is 2. The second-order valence-electron chi connectivity index (χ2n) is 7.70. The zero-order valence-electron chi connectivity index (χ0n) is 17.8. The van der Waals surface area contributed by atoms with Gasteiger partial charge in [0, 0.05) is 5.56 Å². The van der Waals surface area contributed by atoms with Crippen LogP contribution in [0.3, 0.4) is 0 Å². The molecule has 0 aromatic heterocycles. The first-order valence-electron chi connectivity index (χ1n) is 10.6. The van der Waals surface area contributed by atoms with Gasteiger partial charge in [-0.15, -0.1) is 0 Å². The van der Waals surface area contributed by atoms with E-state index in [0.717, 1.165) is 30.4 Å². The molecule has 0 saturated heterocycles. The molecule has 0 heterocycles. The Bertz CT molecular complexity index is 797. The maximum atomic E-state index is 13.2. The van der Waals surface area contributed by atoms with Gasteiger partial charge in [0.1, 0.15) is 0 Å². The average molecular weight is 419 g/mol. The van der Waals surface area contributed by atoms with Gasteiger partial charge >= 0.3 is 12.6 Å². The summed E-state index contributed by atoms with van der Waals surface area (Å²) in [7, 11) is 0. The predicted molar refractivity (Wildman–Crippen MR) is 118 cm³/mol. The van der Waals surface area contributed by atoms with Gasteiger partial charge in [0.2, 0.25) is 0 Å². The Morgan fingerprint density at radius 2 is 1.80 bits per heavy atom. The number of benzene rings is 2. The van der Waals surface area contributed by atoms with Crippen LogP contribution in [0.25, 0.3) is 11.1 Å². The predicted octanol–water partition coefficient (Wildman–Crippen LogP) is 6.98. The van der Waals surface area contributed by atoms with Crippen LogP contribution in [-0.2, 0) is 6.42 Å². The Kier molecular flexibility index (Phi) is 9.58. The molecule has 0 radical (unpaired) electrons. The van der Waals surface area contributed by atoms with Crippen LogP contribution in [0.5, 0.6) is 5.75 Å². The van der Waals surface area contributed by atoms with E-state index in [1.54, 1.807) is 6.07 Å². The maximum absolute atomic E-state index is 13.2. The third-order valence-electron chi connectivity index (χ3n) is 5.23. The molecule has 0 aliphatic rings. The topological polar surface area (TPSA) is 64.3 Å². The van der Waals surface area contributed by atoms with Crippen molar-refractivity contribution in [3.63, 3.8) is 0 Å². The highest BCUT2D eigenvalue weighted by Crippen LogP contribution is 2.41. The molecule has 6 heteroatoms. The Labute approximate surface area is 177 Å². The molecule has 0 fully saturated rings. The smallest absolute Gasteiger partial charge is 0.387 e. The number of primary amides is 1. The van der Waals surface area contributed by atoms with E-state index in [9.17, 15) is 13.6 Å². The molecule has 0 aliphatic carbocycles. The summed E-state index contributed by atoms with van der Waals surface area (Å²) in [6, 6.07) is 11.8. The molecule has 0 bridgehead atoms. The van der Waals surface area contributed by atoms with Crippen LogP contribution in [0.15, 0.2) is 42.5 Å². The normalized spacial score (nSPS) is 12.0. The molecule has 0 saturated carbocycles. The summed E-state index contributed by atoms with van der Waals surface area (Å²) in [5.41, 5.74) is 7.60. The lowest BCUT2D eigenvalue weighted by Gasteiger charge is -2.20. The van der Waals surface area contributed by atoms with Crippen LogP contribution in [-0.4, -0.2) is 12.6 Å². The van der Waals surface area contributed by atoms with Gasteiger partial charge in [-0.2, -0.15) is 8.78 Å². The van der Waals surface area contributed by atoms with Gasteiger partial charge in [0.15, 0.2) is 5.75 Å². The first-order chi connectivity index (χ1) is 14.4. The Hall–Kier alpha value is -2.63. The van der Waals surface area contributed by atoms with Gasteiger partial charge in [-0.05, 0) is 36.0 Å². The van der Waals surface area contributed by atoms with Gasteiger partial charge in [0.05, 0.1) is 5.69 Å². The molecule has 3 N–H and O–H groups in total. The minimum Gasteiger partial charge on any atom is -0.432 e. The summed E-state index contributed by atoms with van der Waals surface area (Å²) in [5, 5.41) is 2.40. The summed E-state index contributed by atoms with van der Waals surface area (Å²) in [6.45, 7) is 1.41. The minimum absolute atomic E-state index is 0.0527. The number of hydrogen-bond donors (Lipinski definition) is 2. The van der Waals surface area contributed by atoms with E-state index < -0.39 is 12.6 Å². The number of nitrogens with two attached hydrogens (primary N) is 1. The fourth-order valence-corrected chi connectivity index (χ4v) is 3.66. The number of carbonyl (C=O) groups excluding carboxylic acids is 1. The number of alkyl halides is 2. The molecule has 2 aromatic rings. The lowest BCUT2D eigenvalue weighted by molar-refractivity contribution is -0.0490. The molecule has 30 heavy (non-hydrogen) atoms. The largest absolute Gasteiger partial charge is 0.432 e. The number of urea groups is 1. The number of nitrogens with one attached hydrogen (secondary N) is 1. The second-order valence-corrected chi connectivity index (χ2v) is 7.70. The van der Waals surface area contributed by atoms with E-state index in [2.05, 4.69) is 19.2 Å². The molecule has 1 atom stereocenters. The maximum Gasteiger partial charge on any atom is 0.387 e. The fraction of sp³-hybridized carbons (Fsp3) is 0.458. The van der Waals surface area contributed by atoms with Crippen molar-refractivity contribution in [1.29, 1.82) is 0 Å². The van der Waals surface area contributed by atoms with Gasteiger partial charge in [0.25, 0.3) is 0 Å². The van der Waals surface area contributed by atoms with E-state index in [-0.39, 0.29) is 11.4 Å². The van der Waals surface area contributed by atoms with Crippen molar-refractivity contribution in [2.24, 2.45) is 11.7 Å². The van der Waals surface area contributed by atoms with Crippen molar-refractivity contribution < 1.29 is 18.3 Å². The Balaban J connectivity index is 2.33. The lowest BCUT2D eigenvalue weighted by atomic mass is 9.90. The summed E-state index contributed by atoms with van der Waals surface area (Å²) in [5.74, 6) is 0.483. The fourth-order valence-electron chi connectivity index (χ4n) is 3.66. The van der Waals surface area contributed by atoms with Gasteiger partial charge in [-0.3, -0.25) is 0 Å². The SMILES string of the molecule is CCCCCCC(C)CCc1ccc(NC(N)=O)c(OC(F)F)c1-c1ccccc1. The standard InChI is InChI=1S/C24H32F2N2O2/c1-3-4-5-7-10-17(2)13-14-19-15-16-20(28-24(27)29)22(30-23(25)26)21(19)18-11-8-6-9-12-18/h6,8-9,11-12,15-17,23H,3-5,7,10,13-14H2,1-2H3,(H3,27,28,29). The first kappa shape index (κ1) is 23.6. The Morgan fingerprint density at radius 3 is 2.43 bits per heavy atom. The molecular weight excluding hydrogens is 386 g/mol. The van der Waals surface area contributed by atoms with E-state index in [0.29, 0.717) is 11.5 Å². The minimum atomic E-state index is -3.02. The highest BCUT2D eigenvalue weighted by Gasteiger charge is 2.21. The number of unbranched alkanes of at least 4 members (excludes halogenated alkanes) is 3. The molecule has 2 aromatic carbocycles. The quantitative estimate of drug-likeness (QED) is 0.365. The van der Waals surface area contributed by atoms with Crippen LogP contribution in [0.2, 0.25) is 0 Å². The molecule has 164 valence electrons. The van der Waals surface area contributed by atoms with Gasteiger partial charge < -0.3 is 15.8 Å². The number of hydrogen-bond acceptors (Lipinski definition) is 2. The van der Waals surface area contributed by atoms with E-state index in [1.165, 1.54) is 25.7 Å². The van der Waals surface area contributed by atoms with Gasteiger partial charge in [-0.1, -0.05) is 82.3 Å². The van der Waals surface area contributed by atoms with Crippen molar-refractivity contribution in [2.75, 3.05) is 5.32 Å². The number of halogens is 2. The summed E-state index contributed by atoms with van der Waals surface area (Å²) >= 11 is 0. The summed E-state index contributed by atoms with van der Waals surface area (Å²) in [6.07, 6.45) is 7.76. The summed E-state index contributed by atoms with van der Waals surface area (Å²) < 4.78 is 31.3. The first-order valence-corrected chi connectivity index (χ1v) is 10.6. The third-order valence-corrected chi connectivity index (χ3v) is 5.23.